The lowest BCUT2D eigenvalue weighted by atomic mass is 10.1. The fourth-order valence-corrected chi connectivity index (χ4v) is 3.68. The number of fused-ring (bicyclic) bond motifs is 1. The molecule has 0 saturated heterocycles. The van der Waals surface area contributed by atoms with Crippen molar-refractivity contribution in [2.45, 2.75) is 43.7 Å². The molecule has 0 fully saturated rings. The summed E-state index contributed by atoms with van der Waals surface area (Å²) in [4.78, 5) is 16.1. The van der Waals surface area contributed by atoms with Gasteiger partial charge in [0.25, 0.3) is 5.91 Å². The predicted molar refractivity (Wildman–Crippen MR) is 97.3 cm³/mol. The number of hydrogen-bond acceptors (Lipinski definition) is 5. The van der Waals surface area contributed by atoms with Crippen LogP contribution >= 0.6 is 0 Å². The molecule has 1 amide bonds. The van der Waals surface area contributed by atoms with Crippen molar-refractivity contribution in [1.82, 2.24) is 9.71 Å². The van der Waals surface area contributed by atoms with Gasteiger partial charge in [0, 0.05) is 18.9 Å². The van der Waals surface area contributed by atoms with Crippen LogP contribution in [0.2, 0.25) is 0 Å². The van der Waals surface area contributed by atoms with Crippen molar-refractivity contribution < 1.29 is 17.9 Å². The van der Waals surface area contributed by atoms with Crippen LogP contribution in [-0.4, -0.2) is 25.4 Å². The minimum Gasteiger partial charge on any atom is -0.478 e. The summed E-state index contributed by atoms with van der Waals surface area (Å²) in [5.74, 6) is 0.237. The maximum absolute atomic E-state index is 12.5. The number of carbonyl (C=O) groups excluding carboxylic acids is 1. The van der Waals surface area contributed by atoms with Crippen molar-refractivity contribution in [3.8, 4) is 5.75 Å². The topological polar surface area (TPSA) is 97.4 Å². The Balaban J connectivity index is 1.74. The van der Waals surface area contributed by atoms with Crippen molar-refractivity contribution in [2.75, 3.05) is 5.32 Å². The molecule has 0 bridgehead atoms. The Bertz CT molecular complexity index is 885. The molecule has 1 aliphatic rings. The molecule has 26 heavy (non-hydrogen) atoms. The van der Waals surface area contributed by atoms with E-state index in [2.05, 4.69) is 15.0 Å². The molecule has 0 aliphatic carbocycles. The third kappa shape index (κ3) is 4.20. The zero-order valence-corrected chi connectivity index (χ0v) is 15.3. The summed E-state index contributed by atoms with van der Waals surface area (Å²) in [5.41, 5.74) is 1.12. The highest BCUT2D eigenvalue weighted by Gasteiger charge is 2.28. The van der Waals surface area contributed by atoms with Gasteiger partial charge in [-0.3, -0.25) is 9.78 Å². The normalized spacial score (nSPS) is 16.5. The Morgan fingerprint density at radius 3 is 2.88 bits per heavy atom. The van der Waals surface area contributed by atoms with Gasteiger partial charge in [-0.05, 0) is 42.7 Å². The van der Waals surface area contributed by atoms with Crippen LogP contribution in [-0.2, 0) is 21.4 Å². The van der Waals surface area contributed by atoms with E-state index < -0.39 is 16.1 Å². The fourth-order valence-electron chi connectivity index (χ4n) is 2.64. The Morgan fingerprint density at radius 2 is 2.15 bits per heavy atom. The van der Waals surface area contributed by atoms with Crippen LogP contribution in [0.5, 0.6) is 5.75 Å². The van der Waals surface area contributed by atoms with Gasteiger partial charge in [0.15, 0.2) is 6.10 Å². The first kappa shape index (κ1) is 18.3. The molecule has 3 rings (SSSR count). The molecule has 1 aromatic carbocycles. The highest BCUT2D eigenvalue weighted by atomic mass is 32.2. The first-order valence-electron chi connectivity index (χ1n) is 8.50. The monoisotopic (exact) mass is 375 g/mol. The first-order chi connectivity index (χ1) is 12.5. The number of nitrogens with one attached hydrogen (secondary N) is 2. The molecule has 0 radical (unpaired) electrons. The van der Waals surface area contributed by atoms with Crippen LogP contribution in [0.1, 0.15) is 31.7 Å². The molecule has 1 aliphatic heterocycles. The van der Waals surface area contributed by atoms with Gasteiger partial charge < -0.3 is 10.1 Å². The van der Waals surface area contributed by atoms with E-state index in [1.165, 1.54) is 12.1 Å². The zero-order valence-electron chi connectivity index (χ0n) is 14.4. The number of anilines is 1. The van der Waals surface area contributed by atoms with E-state index in [0.717, 1.165) is 18.4 Å². The van der Waals surface area contributed by atoms with Crippen LogP contribution < -0.4 is 14.8 Å². The highest BCUT2D eigenvalue weighted by molar-refractivity contribution is 7.89. The Kier molecular flexibility index (Phi) is 5.53. The van der Waals surface area contributed by atoms with Gasteiger partial charge in [-0.15, -0.1) is 0 Å². The highest BCUT2D eigenvalue weighted by Crippen LogP contribution is 2.32. The number of hydrogen-bond donors (Lipinski definition) is 2. The standard InChI is InChI=1S/C18H21N3O4S/c1-2-3-6-17-18(22)21-15-10-14(7-8-16(15)25-17)26(23,24)20-12-13-5-4-9-19-11-13/h4-5,7-11,17,20H,2-3,6,12H2,1H3,(H,21,22)/t17-/m1/s1. The van der Waals surface area contributed by atoms with Crippen LogP contribution in [0.15, 0.2) is 47.6 Å². The van der Waals surface area contributed by atoms with Crippen molar-refractivity contribution >= 4 is 21.6 Å². The van der Waals surface area contributed by atoms with Gasteiger partial charge in [0.05, 0.1) is 10.6 Å². The van der Waals surface area contributed by atoms with E-state index in [4.69, 9.17) is 4.74 Å². The van der Waals surface area contributed by atoms with Gasteiger partial charge in [-0.1, -0.05) is 19.4 Å². The van der Waals surface area contributed by atoms with E-state index in [9.17, 15) is 13.2 Å². The second-order valence-electron chi connectivity index (χ2n) is 6.08. The van der Waals surface area contributed by atoms with Gasteiger partial charge >= 0.3 is 0 Å². The summed E-state index contributed by atoms with van der Waals surface area (Å²) in [6.07, 6.45) is 5.18. The van der Waals surface area contributed by atoms with Crippen molar-refractivity contribution in [1.29, 1.82) is 0 Å². The SMILES string of the molecule is CCCC[C@H]1Oc2ccc(S(=O)(=O)NCc3cccnc3)cc2NC1=O. The maximum Gasteiger partial charge on any atom is 0.265 e. The molecule has 0 saturated carbocycles. The van der Waals surface area contributed by atoms with Crippen LogP contribution in [0.4, 0.5) is 5.69 Å². The summed E-state index contributed by atoms with van der Waals surface area (Å²) in [6.45, 7) is 2.18. The van der Waals surface area contributed by atoms with E-state index >= 15 is 0 Å². The molecule has 0 spiro atoms. The number of sulfonamides is 1. The molecule has 2 N–H and O–H groups in total. The first-order valence-corrected chi connectivity index (χ1v) is 9.98. The maximum atomic E-state index is 12.5. The number of ether oxygens (including phenoxy) is 1. The van der Waals surface area contributed by atoms with Crippen molar-refractivity contribution in [2.24, 2.45) is 0 Å². The Hall–Kier alpha value is -2.45. The summed E-state index contributed by atoms with van der Waals surface area (Å²) in [7, 11) is -3.72. The van der Waals surface area contributed by atoms with Crippen LogP contribution in [0.3, 0.4) is 0 Å². The second-order valence-corrected chi connectivity index (χ2v) is 7.85. The molecular formula is C18H21N3O4S. The van der Waals surface area contributed by atoms with Crippen molar-refractivity contribution in [3.63, 3.8) is 0 Å². The summed E-state index contributed by atoms with van der Waals surface area (Å²) >= 11 is 0. The number of benzene rings is 1. The Labute approximate surface area is 152 Å². The average Bonchev–Trinajstić information content (AvgIpc) is 2.65. The molecule has 2 heterocycles. The van der Waals surface area contributed by atoms with E-state index in [1.807, 2.05) is 6.92 Å². The molecule has 1 aromatic heterocycles. The van der Waals surface area contributed by atoms with Gasteiger partial charge in [-0.25, -0.2) is 13.1 Å². The number of aromatic nitrogens is 1. The second kappa shape index (κ2) is 7.84. The minimum absolute atomic E-state index is 0.0658. The molecule has 138 valence electrons. The minimum atomic E-state index is -3.72. The van der Waals surface area contributed by atoms with Crippen LogP contribution in [0, 0.1) is 0 Å². The van der Waals surface area contributed by atoms with E-state index in [1.54, 1.807) is 30.6 Å². The molecular weight excluding hydrogens is 354 g/mol. The smallest absolute Gasteiger partial charge is 0.265 e. The lowest BCUT2D eigenvalue weighted by Gasteiger charge is -2.26. The summed E-state index contributed by atoms with van der Waals surface area (Å²) in [6, 6.07) is 7.98. The summed E-state index contributed by atoms with van der Waals surface area (Å²) in [5, 5.41) is 2.74. The number of nitrogens with zero attached hydrogens (tertiary/aromatic N) is 1. The lowest BCUT2D eigenvalue weighted by Crippen LogP contribution is -2.37. The van der Waals surface area contributed by atoms with Crippen LogP contribution in [0.25, 0.3) is 0 Å². The zero-order chi connectivity index (χ0) is 18.6. The quantitative estimate of drug-likeness (QED) is 0.775. The van der Waals surface area contributed by atoms with Gasteiger partial charge in [-0.2, -0.15) is 0 Å². The van der Waals surface area contributed by atoms with E-state index in [0.29, 0.717) is 17.9 Å². The molecule has 8 heteroatoms. The largest absolute Gasteiger partial charge is 0.478 e. The van der Waals surface area contributed by atoms with E-state index in [-0.39, 0.29) is 17.3 Å². The number of rotatable bonds is 7. The number of pyridine rings is 1. The fraction of sp³-hybridized carbons (Fsp3) is 0.333. The molecule has 1 atom stereocenters. The molecule has 0 unspecified atom stereocenters. The molecule has 7 nitrogen and oxygen atoms in total. The lowest BCUT2D eigenvalue weighted by molar-refractivity contribution is -0.123. The third-order valence-corrected chi connectivity index (χ3v) is 5.49. The molecule has 2 aromatic rings. The number of unbranched alkanes of at least 4 members (excludes halogenated alkanes) is 1. The summed E-state index contributed by atoms with van der Waals surface area (Å²) < 4.78 is 33.2. The van der Waals surface area contributed by atoms with Gasteiger partial charge in [0.1, 0.15) is 5.75 Å². The number of carbonyl (C=O) groups is 1. The average molecular weight is 375 g/mol. The third-order valence-electron chi connectivity index (χ3n) is 4.09. The Morgan fingerprint density at radius 1 is 1.31 bits per heavy atom. The number of amides is 1. The van der Waals surface area contributed by atoms with Crippen molar-refractivity contribution in [3.05, 3.63) is 48.3 Å². The predicted octanol–water partition coefficient (Wildman–Crippen LogP) is 2.45. The van der Waals surface area contributed by atoms with Gasteiger partial charge in [0.2, 0.25) is 10.0 Å².